The van der Waals surface area contributed by atoms with E-state index in [2.05, 4.69) is 108 Å². The van der Waals surface area contributed by atoms with Crippen LogP contribution in [0.15, 0.2) is 83.5 Å². The third-order valence-corrected chi connectivity index (χ3v) is 4.83. The Hall–Kier alpha value is -2.12. The predicted octanol–water partition coefficient (Wildman–Crippen LogP) is 7.76. The van der Waals surface area contributed by atoms with Gasteiger partial charge in [0.05, 0.1) is 13.2 Å². The molecule has 0 aliphatic heterocycles. The van der Waals surface area contributed by atoms with E-state index in [0.29, 0.717) is 25.0 Å². The minimum absolute atomic E-state index is 0.341. The third-order valence-electron chi connectivity index (χ3n) is 4.83. The molecular weight excluding hydrogens is 340 g/mol. The maximum absolute atomic E-state index is 6.00. The Labute approximate surface area is 173 Å². The highest BCUT2D eigenvalue weighted by atomic mass is 16.5. The molecular formula is C27H38O. The Bertz CT molecular complexity index is 722. The number of ether oxygens (including phenoxy) is 1. The average Bonchev–Trinajstić information content (AvgIpc) is 2.67. The first-order chi connectivity index (χ1) is 13.3. The van der Waals surface area contributed by atoms with Crippen LogP contribution in [0.1, 0.15) is 52.7 Å². The molecule has 0 aliphatic carbocycles. The number of benzene rings is 1. The zero-order valence-corrected chi connectivity index (χ0v) is 18.8. The third kappa shape index (κ3) is 9.71. The molecule has 2 atom stereocenters. The molecule has 0 bridgehead atoms. The summed E-state index contributed by atoms with van der Waals surface area (Å²) in [7, 11) is 0. The summed E-state index contributed by atoms with van der Waals surface area (Å²) in [4.78, 5) is 0. The Morgan fingerprint density at radius 1 is 0.929 bits per heavy atom. The molecule has 0 heterocycles. The molecule has 0 radical (unpaired) electrons. The van der Waals surface area contributed by atoms with Crippen molar-refractivity contribution in [3.63, 3.8) is 0 Å². The van der Waals surface area contributed by atoms with Crippen molar-refractivity contribution in [1.82, 2.24) is 0 Å². The zero-order valence-electron chi connectivity index (χ0n) is 18.8. The fraction of sp³-hybridized carbons (Fsp3) is 0.407. The van der Waals surface area contributed by atoms with Crippen molar-refractivity contribution < 1.29 is 4.74 Å². The van der Waals surface area contributed by atoms with E-state index in [1.807, 2.05) is 6.92 Å². The van der Waals surface area contributed by atoms with Crippen LogP contribution in [0.2, 0.25) is 0 Å². The molecule has 0 spiro atoms. The summed E-state index contributed by atoms with van der Waals surface area (Å²) in [5.74, 6) is 0.766. The molecule has 1 nitrogen and oxygen atoms in total. The topological polar surface area (TPSA) is 9.23 Å². The number of hydrogen-bond acceptors (Lipinski definition) is 1. The van der Waals surface area contributed by atoms with Crippen LogP contribution in [0.25, 0.3) is 0 Å². The summed E-state index contributed by atoms with van der Waals surface area (Å²) in [6.07, 6.45) is 15.3. The minimum Gasteiger partial charge on any atom is -0.372 e. The summed E-state index contributed by atoms with van der Waals surface area (Å²) in [5, 5.41) is 0. The van der Waals surface area contributed by atoms with Crippen LogP contribution in [0, 0.1) is 18.8 Å². The molecule has 0 saturated heterocycles. The summed E-state index contributed by atoms with van der Waals surface area (Å²) in [5.41, 5.74) is 6.48. The van der Waals surface area contributed by atoms with E-state index in [-0.39, 0.29) is 0 Å². The molecule has 152 valence electrons. The molecule has 28 heavy (non-hydrogen) atoms. The van der Waals surface area contributed by atoms with Gasteiger partial charge in [0.1, 0.15) is 0 Å². The van der Waals surface area contributed by atoms with Crippen molar-refractivity contribution in [2.24, 2.45) is 11.8 Å². The van der Waals surface area contributed by atoms with Gasteiger partial charge in [0.2, 0.25) is 0 Å². The first kappa shape index (κ1) is 23.9. The van der Waals surface area contributed by atoms with Crippen LogP contribution >= 0.6 is 0 Å². The Kier molecular flexibility index (Phi) is 11.2. The fourth-order valence-corrected chi connectivity index (χ4v) is 2.58. The second-order valence-electron chi connectivity index (χ2n) is 7.86. The van der Waals surface area contributed by atoms with Gasteiger partial charge >= 0.3 is 0 Å². The lowest BCUT2D eigenvalue weighted by Crippen LogP contribution is -2.06. The maximum atomic E-state index is 6.00. The number of allylic oxidation sites excluding steroid dienone is 9. The minimum atomic E-state index is 0.341. The molecule has 0 fully saturated rings. The predicted molar refractivity (Wildman–Crippen MR) is 124 cm³/mol. The van der Waals surface area contributed by atoms with Crippen molar-refractivity contribution in [3.05, 3.63) is 94.6 Å². The lowest BCUT2D eigenvalue weighted by molar-refractivity contribution is 0.138. The number of aryl methyl sites for hydroxylation is 1. The molecule has 0 aromatic heterocycles. The van der Waals surface area contributed by atoms with Gasteiger partial charge in [0.25, 0.3) is 0 Å². The second-order valence-corrected chi connectivity index (χ2v) is 7.86. The SMILES string of the molecule is C/C=C\C=C(/COCc1ccc(C)cc1)C(C)/C=C\C(C)/C(C)=C/C=C(C)C. The van der Waals surface area contributed by atoms with Crippen molar-refractivity contribution in [2.75, 3.05) is 6.61 Å². The summed E-state index contributed by atoms with van der Waals surface area (Å²) in [6.45, 7) is 16.4. The molecule has 0 saturated carbocycles. The van der Waals surface area contributed by atoms with E-state index >= 15 is 0 Å². The van der Waals surface area contributed by atoms with E-state index in [9.17, 15) is 0 Å². The van der Waals surface area contributed by atoms with Crippen molar-refractivity contribution in [3.8, 4) is 0 Å². The van der Waals surface area contributed by atoms with Crippen LogP contribution in [0.5, 0.6) is 0 Å². The van der Waals surface area contributed by atoms with Crippen LogP contribution in [0.3, 0.4) is 0 Å². The Morgan fingerprint density at radius 3 is 2.18 bits per heavy atom. The highest BCUT2D eigenvalue weighted by Gasteiger charge is 2.07. The fourth-order valence-electron chi connectivity index (χ4n) is 2.58. The first-order valence-electron chi connectivity index (χ1n) is 10.3. The van der Waals surface area contributed by atoms with Crippen molar-refractivity contribution in [1.29, 1.82) is 0 Å². The van der Waals surface area contributed by atoms with Crippen LogP contribution < -0.4 is 0 Å². The average molecular weight is 379 g/mol. The number of rotatable bonds is 10. The molecule has 1 aromatic carbocycles. The molecule has 0 aliphatic rings. The van der Waals surface area contributed by atoms with Crippen molar-refractivity contribution >= 4 is 0 Å². The maximum Gasteiger partial charge on any atom is 0.0721 e. The van der Waals surface area contributed by atoms with Gasteiger partial charge in [0.15, 0.2) is 0 Å². The lowest BCUT2D eigenvalue weighted by atomic mass is 9.95. The van der Waals surface area contributed by atoms with Gasteiger partial charge in [-0.2, -0.15) is 0 Å². The van der Waals surface area contributed by atoms with Gasteiger partial charge in [-0.1, -0.05) is 97.4 Å². The molecule has 0 amide bonds. The largest absolute Gasteiger partial charge is 0.372 e. The van der Waals surface area contributed by atoms with Gasteiger partial charge in [-0.3, -0.25) is 0 Å². The zero-order chi connectivity index (χ0) is 20.9. The molecule has 0 N–H and O–H groups in total. The first-order valence-corrected chi connectivity index (χ1v) is 10.3. The molecule has 1 rings (SSSR count). The quantitative estimate of drug-likeness (QED) is 0.298. The second kappa shape index (κ2) is 13.1. The smallest absolute Gasteiger partial charge is 0.0721 e. The van der Waals surface area contributed by atoms with Gasteiger partial charge in [0, 0.05) is 0 Å². The van der Waals surface area contributed by atoms with Gasteiger partial charge in [-0.05, 0) is 57.6 Å². The van der Waals surface area contributed by atoms with E-state index in [1.54, 1.807) is 0 Å². The van der Waals surface area contributed by atoms with Crippen LogP contribution in [0.4, 0.5) is 0 Å². The summed E-state index contributed by atoms with van der Waals surface area (Å²) < 4.78 is 6.00. The van der Waals surface area contributed by atoms with Gasteiger partial charge < -0.3 is 4.74 Å². The standard InChI is InChI=1S/C27H38O/c1-8-9-10-27(20-28-19-26-17-12-22(4)13-18-26)25(7)16-15-24(6)23(5)14-11-21(2)3/h8-18,24-25H,19-20H2,1-7H3/b9-8-,16-15-,23-14+,27-10+. The molecule has 2 unspecified atom stereocenters. The van der Waals surface area contributed by atoms with Crippen LogP contribution in [-0.2, 0) is 11.3 Å². The highest BCUT2D eigenvalue weighted by Crippen LogP contribution is 2.18. The van der Waals surface area contributed by atoms with E-state index in [1.165, 1.54) is 27.8 Å². The monoisotopic (exact) mass is 378 g/mol. The summed E-state index contributed by atoms with van der Waals surface area (Å²) >= 11 is 0. The van der Waals surface area contributed by atoms with Crippen molar-refractivity contribution in [2.45, 2.75) is 55.1 Å². The normalized spacial score (nSPS) is 15.2. The molecule has 1 aromatic rings. The Balaban J connectivity index is 2.71. The van der Waals surface area contributed by atoms with Gasteiger partial charge in [-0.25, -0.2) is 0 Å². The van der Waals surface area contributed by atoms with E-state index in [0.717, 1.165) is 0 Å². The van der Waals surface area contributed by atoms with Gasteiger partial charge in [-0.15, -0.1) is 0 Å². The van der Waals surface area contributed by atoms with E-state index in [4.69, 9.17) is 4.74 Å². The highest BCUT2D eigenvalue weighted by molar-refractivity contribution is 5.23. The lowest BCUT2D eigenvalue weighted by Gasteiger charge is -2.14. The summed E-state index contributed by atoms with van der Waals surface area (Å²) in [6, 6.07) is 8.54. The number of hydrogen-bond donors (Lipinski definition) is 0. The molecule has 1 heteroatoms. The van der Waals surface area contributed by atoms with E-state index < -0.39 is 0 Å². The Morgan fingerprint density at radius 2 is 1.57 bits per heavy atom. The van der Waals surface area contributed by atoms with Crippen LogP contribution in [-0.4, -0.2) is 6.61 Å².